The lowest BCUT2D eigenvalue weighted by Gasteiger charge is -2.15. The van der Waals surface area contributed by atoms with Crippen molar-refractivity contribution in [3.05, 3.63) is 42.7 Å². The number of hydrogen-bond acceptors (Lipinski definition) is 8. The first-order valence-electron chi connectivity index (χ1n) is 8.65. The van der Waals surface area contributed by atoms with Crippen LogP contribution in [0.2, 0.25) is 0 Å². The second-order valence-corrected chi connectivity index (χ2v) is 6.20. The molecule has 0 fully saturated rings. The zero-order chi connectivity index (χ0) is 22.6. The summed E-state index contributed by atoms with van der Waals surface area (Å²) in [5, 5.41) is 5.30. The van der Waals surface area contributed by atoms with E-state index in [1.807, 2.05) is 0 Å². The smallest absolute Gasteiger partial charge is 0.388 e. The zero-order valence-corrected chi connectivity index (χ0v) is 16.1. The molecule has 3 rings (SSSR count). The number of halogens is 4. The number of amides is 1. The topological polar surface area (TPSA) is 115 Å². The van der Waals surface area contributed by atoms with Gasteiger partial charge >= 0.3 is 12.5 Å². The number of aromatic nitrogens is 5. The van der Waals surface area contributed by atoms with Crippen LogP contribution in [0.15, 0.2) is 36.9 Å². The van der Waals surface area contributed by atoms with Crippen molar-refractivity contribution >= 4 is 23.2 Å². The van der Waals surface area contributed by atoms with Crippen molar-refractivity contribution in [3.63, 3.8) is 0 Å². The van der Waals surface area contributed by atoms with Gasteiger partial charge in [0.25, 0.3) is 0 Å². The SMILES string of the molecule is CC(=O)Nc1cc(Nc2ccnc(C(C)(F)F)n2)c(-c2cncc(OC(F)F)n2)cn1. The average Bonchev–Trinajstić information content (AvgIpc) is 2.67. The fourth-order valence-corrected chi connectivity index (χ4v) is 2.42. The van der Waals surface area contributed by atoms with Crippen LogP contribution in [0.3, 0.4) is 0 Å². The first-order chi connectivity index (χ1) is 14.6. The summed E-state index contributed by atoms with van der Waals surface area (Å²) in [5.41, 5.74) is 0.577. The Labute approximate surface area is 173 Å². The fourth-order valence-electron chi connectivity index (χ4n) is 2.42. The number of nitrogens with one attached hydrogen (secondary N) is 2. The zero-order valence-electron chi connectivity index (χ0n) is 16.1. The molecule has 0 radical (unpaired) electrons. The van der Waals surface area contributed by atoms with Crippen LogP contribution in [-0.4, -0.2) is 37.4 Å². The molecule has 0 saturated heterocycles. The first-order valence-corrected chi connectivity index (χ1v) is 8.65. The van der Waals surface area contributed by atoms with E-state index < -0.39 is 30.1 Å². The van der Waals surface area contributed by atoms with Gasteiger partial charge in [-0.1, -0.05) is 0 Å². The molecule has 9 nitrogen and oxygen atoms in total. The largest absolute Gasteiger partial charge is 0.415 e. The number of rotatable bonds is 7. The van der Waals surface area contributed by atoms with Crippen LogP contribution in [0.1, 0.15) is 19.7 Å². The lowest BCUT2D eigenvalue weighted by atomic mass is 10.1. The van der Waals surface area contributed by atoms with E-state index in [0.717, 1.165) is 12.4 Å². The maximum Gasteiger partial charge on any atom is 0.388 e. The minimum absolute atomic E-state index is 0.0145. The molecule has 0 spiro atoms. The molecule has 0 unspecified atom stereocenters. The molecule has 0 aliphatic carbocycles. The lowest BCUT2D eigenvalue weighted by Crippen LogP contribution is -2.13. The van der Waals surface area contributed by atoms with Crippen LogP contribution < -0.4 is 15.4 Å². The highest BCUT2D eigenvalue weighted by molar-refractivity contribution is 5.89. The van der Waals surface area contributed by atoms with Crippen LogP contribution in [0.4, 0.5) is 34.9 Å². The van der Waals surface area contributed by atoms with Gasteiger partial charge < -0.3 is 15.4 Å². The van der Waals surface area contributed by atoms with Gasteiger partial charge in [-0.25, -0.2) is 19.9 Å². The van der Waals surface area contributed by atoms with E-state index in [1.54, 1.807) is 0 Å². The van der Waals surface area contributed by atoms with Crippen LogP contribution in [-0.2, 0) is 10.7 Å². The third-order valence-electron chi connectivity index (χ3n) is 3.62. The fraction of sp³-hybridized carbons (Fsp3) is 0.222. The Bertz CT molecular complexity index is 1090. The molecule has 0 aliphatic heterocycles. The summed E-state index contributed by atoms with van der Waals surface area (Å²) in [5.74, 6) is -4.65. The van der Waals surface area contributed by atoms with Gasteiger partial charge in [-0.3, -0.25) is 9.78 Å². The maximum atomic E-state index is 13.6. The predicted octanol–water partition coefficient (Wildman–Crippen LogP) is 3.74. The maximum absolute atomic E-state index is 13.6. The number of alkyl halides is 4. The van der Waals surface area contributed by atoms with E-state index in [2.05, 4.69) is 40.3 Å². The summed E-state index contributed by atoms with van der Waals surface area (Å²) in [6, 6.07) is 2.74. The Morgan fingerprint density at radius 1 is 1.13 bits per heavy atom. The van der Waals surface area contributed by atoms with Gasteiger partial charge in [0.15, 0.2) is 0 Å². The van der Waals surface area contributed by atoms with Gasteiger partial charge in [-0.2, -0.15) is 17.6 Å². The van der Waals surface area contributed by atoms with Crippen molar-refractivity contribution in [2.75, 3.05) is 10.6 Å². The average molecular weight is 437 g/mol. The van der Waals surface area contributed by atoms with E-state index in [-0.39, 0.29) is 28.6 Å². The van der Waals surface area contributed by atoms with Crippen LogP contribution >= 0.6 is 0 Å². The molecule has 0 aromatic carbocycles. The molecule has 3 aromatic rings. The minimum atomic E-state index is -3.27. The van der Waals surface area contributed by atoms with E-state index in [4.69, 9.17) is 0 Å². The van der Waals surface area contributed by atoms with Crippen molar-refractivity contribution in [3.8, 4) is 17.1 Å². The van der Waals surface area contributed by atoms with Gasteiger partial charge in [-0.15, -0.1) is 0 Å². The minimum Gasteiger partial charge on any atom is -0.415 e. The van der Waals surface area contributed by atoms with Crippen molar-refractivity contribution in [2.45, 2.75) is 26.4 Å². The Morgan fingerprint density at radius 3 is 2.58 bits per heavy atom. The summed E-state index contributed by atoms with van der Waals surface area (Å²) in [6.07, 6.45) is 4.71. The predicted molar refractivity (Wildman–Crippen MR) is 101 cm³/mol. The van der Waals surface area contributed by atoms with Crippen molar-refractivity contribution < 1.29 is 27.1 Å². The number of anilines is 3. The second-order valence-electron chi connectivity index (χ2n) is 6.20. The summed E-state index contributed by atoms with van der Waals surface area (Å²) < 4.78 is 56.4. The summed E-state index contributed by atoms with van der Waals surface area (Å²) in [4.78, 5) is 30.5. The number of carbonyl (C=O) groups is 1. The highest BCUT2D eigenvalue weighted by Gasteiger charge is 2.28. The molecule has 2 N–H and O–H groups in total. The summed E-state index contributed by atoms with van der Waals surface area (Å²) >= 11 is 0. The quantitative estimate of drug-likeness (QED) is 0.537. The molecule has 0 aliphatic rings. The molecule has 162 valence electrons. The Hall–Kier alpha value is -3.90. The van der Waals surface area contributed by atoms with Crippen molar-refractivity contribution in [1.82, 2.24) is 24.9 Å². The normalized spacial score (nSPS) is 11.3. The third kappa shape index (κ3) is 5.81. The number of carbonyl (C=O) groups excluding carboxylic acids is 1. The lowest BCUT2D eigenvalue weighted by molar-refractivity contribution is -0.114. The molecule has 0 bridgehead atoms. The molecule has 3 heterocycles. The third-order valence-corrected chi connectivity index (χ3v) is 3.62. The van der Waals surface area contributed by atoms with Crippen LogP contribution in [0.5, 0.6) is 5.88 Å². The van der Waals surface area contributed by atoms with Gasteiger partial charge in [0.05, 0.1) is 23.8 Å². The van der Waals surface area contributed by atoms with Crippen LogP contribution in [0.25, 0.3) is 11.3 Å². The monoisotopic (exact) mass is 437 g/mol. The molecule has 1 amide bonds. The van der Waals surface area contributed by atoms with Gasteiger partial charge in [0, 0.05) is 37.9 Å². The van der Waals surface area contributed by atoms with E-state index >= 15 is 0 Å². The van der Waals surface area contributed by atoms with Gasteiger partial charge in [0.1, 0.15) is 11.6 Å². The molecule has 3 aromatic heterocycles. The molecular formula is C18H15F4N7O2. The van der Waals surface area contributed by atoms with Gasteiger partial charge in [0.2, 0.25) is 17.6 Å². The number of ether oxygens (including phenoxy) is 1. The standard InChI is InChI=1S/C18H15F4N7O2/c1-9(30)26-14-5-11(27-13-3-4-24-16(29-13)18(2,21)22)10(6-25-14)12-7-23-8-15(28-12)31-17(19)20/h3-8,17H,1-2H3,(H2,24,25,26,27,29,30). The molecule has 0 atom stereocenters. The summed E-state index contributed by atoms with van der Waals surface area (Å²) in [7, 11) is 0. The molecular weight excluding hydrogens is 422 g/mol. The second kappa shape index (κ2) is 8.85. The van der Waals surface area contributed by atoms with Crippen LogP contribution in [0, 0.1) is 0 Å². The van der Waals surface area contributed by atoms with Gasteiger partial charge in [-0.05, 0) is 6.07 Å². The number of pyridine rings is 1. The Kier molecular flexibility index (Phi) is 6.22. The number of hydrogen-bond donors (Lipinski definition) is 2. The number of nitrogens with zero attached hydrogens (tertiary/aromatic N) is 5. The van der Waals surface area contributed by atoms with Crippen molar-refractivity contribution in [1.29, 1.82) is 0 Å². The van der Waals surface area contributed by atoms with E-state index in [9.17, 15) is 22.4 Å². The molecule has 31 heavy (non-hydrogen) atoms. The summed E-state index contributed by atoms with van der Waals surface area (Å²) in [6.45, 7) is -1.17. The Morgan fingerprint density at radius 2 is 1.90 bits per heavy atom. The van der Waals surface area contributed by atoms with E-state index in [1.165, 1.54) is 31.5 Å². The first kappa shape index (κ1) is 21.8. The highest BCUT2D eigenvalue weighted by atomic mass is 19.3. The Balaban J connectivity index is 2.04. The van der Waals surface area contributed by atoms with E-state index in [0.29, 0.717) is 6.92 Å². The highest BCUT2D eigenvalue weighted by Crippen LogP contribution is 2.31. The van der Waals surface area contributed by atoms with Crippen molar-refractivity contribution in [2.24, 2.45) is 0 Å². The molecule has 0 saturated carbocycles. The molecule has 13 heteroatoms.